The van der Waals surface area contributed by atoms with E-state index in [1.54, 1.807) is 0 Å². The van der Waals surface area contributed by atoms with Crippen molar-refractivity contribution in [3.05, 3.63) is 0 Å². The van der Waals surface area contributed by atoms with E-state index in [0.29, 0.717) is 6.04 Å². The van der Waals surface area contributed by atoms with Crippen molar-refractivity contribution in [2.75, 3.05) is 13.1 Å². The third-order valence-corrected chi connectivity index (χ3v) is 1.33. The summed E-state index contributed by atoms with van der Waals surface area (Å²) in [6.07, 6.45) is 2.45. The average molecular weight is 173 g/mol. The van der Waals surface area contributed by atoms with Gasteiger partial charge in [-0.1, -0.05) is 0 Å². The summed E-state index contributed by atoms with van der Waals surface area (Å²) in [4.78, 5) is 0. The number of rotatable bonds is 0. The third kappa shape index (κ3) is 4.97. The van der Waals surface area contributed by atoms with E-state index in [2.05, 4.69) is 5.32 Å². The normalized spacial score (nSPS) is 25.7. The molecule has 0 unspecified atom stereocenters. The molecule has 0 saturated carbocycles. The van der Waals surface area contributed by atoms with Crippen molar-refractivity contribution in [3.63, 3.8) is 0 Å². The van der Waals surface area contributed by atoms with Gasteiger partial charge in [-0.2, -0.15) is 0 Å². The summed E-state index contributed by atoms with van der Waals surface area (Å²) in [6, 6.07) is 0.425. The van der Waals surface area contributed by atoms with Gasteiger partial charge in [0.2, 0.25) is 0 Å². The molecule has 1 rings (SSSR count). The van der Waals surface area contributed by atoms with Gasteiger partial charge in [0.1, 0.15) is 0 Å². The smallest absolute Gasteiger partial charge is 0.0165 e. The van der Waals surface area contributed by atoms with E-state index in [4.69, 9.17) is 5.73 Å². The molecule has 2 nitrogen and oxygen atoms in total. The molecule has 0 aromatic heterocycles. The Labute approximate surface area is 68.4 Å². The fraction of sp³-hybridized carbons (Fsp3) is 1.00. The number of nitrogens with two attached hydrogens (primary N) is 1. The van der Waals surface area contributed by atoms with Crippen LogP contribution in [0.15, 0.2) is 0 Å². The van der Waals surface area contributed by atoms with Crippen molar-refractivity contribution in [2.24, 2.45) is 5.73 Å². The second-order valence-electron chi connectivity index (χ2n) is 2.11. The first-order valence-corrected chi connectivity index (χ1v) is 2.86. The summed E-state index contributed by atoms with van der Waals surface area (Å²) in [5.74, 6) is 0. The molecule has 9 heavy (non-hydrogen) atoms. The Hall–Kier alpha value is 0.500. The van der Waals surface area contributed by atoms with Crippen molar-refractivity contribution in [3.8, 4) is 0 Å². The molecular weight excluding hydrogens is 159 g/mol. The molecule has 58 valence electrons. The van der Waals surface area contributed by atoms with E-state index in [1.165, 1.54) is 12.8 Å². The molecule has 1 saturated heterocycles. The van der Waals surface area contributed by atoms with E-state index in [0.717, 1.165) is 13.1 Å². The van der Waals surface area contributed by atoms with Crippen LogP contribution in [0.4, 0.5) is 0 Å². The molecule has 1 aliphatic heterocycles. The van der Waals surface area contributed by atoms with Crippen LogP contribution in [-0.4, -0.2) is 19.1 Å². The zero-order valence-corrected chi connectivity index (χ0v) is 6.93. The molecule has 0 radical (unpaired) electrons. The zero-order valence-electron chi connectivity index (χ0n) is 5.30. The minimum atomic E-state index is 0. The molecule has 0 aliphatic carbocycles. The first-order chi connectivity index (χ1) is 3.39. The maximum atomic E-state index is 5.57. The first kappa shape index (κ1) is 12.2. The highest BCUT2D eigenvalue weighted by Gasteiger charge is 2.05. The van der Waals surface area contributed by atoms with Crippen LogP contribution in [0.2, 0.25) is 0 Å². The maximum Gasteiger partial charge on any atom is 0.0165 e. The Kier molecular flexibility index (Phi) is 8.97. The molecule has 0 spiro atoms. The zero-order chi connectivity index (χ0) is 5.11. The Morgan fingerprint density at radius 2 is 2.00 bits per heavy atom. The first-order valence-electron chi connectivity index (χ1n) is 2.86. The molecule has 1 heterocycles. The molecular formula is C5H14Cl2N2. The highest BCUT2D eigenvalue weighted by Crippen LogP contribution is 1.96. The number of halogens is 2. The maximum absolute atomic E-state index is 5.57. The Bertz CT molecular complexity index is 54.9. The van der Waals surface area contributed by atoms with E-state index >= 15 is 0 Å². The van der Waals surface area contributed by atoms with Crippen LogP contribution in [-0.2, 0) is 0 Å². The largest absolute Gasteiger partial charge is 0.327 e. The van der Waals surface area contributed by atoms with Gasteiger partial charge < -0.3 is 11.1 Å². The van der Waals surface area contributed by atoms with Gasteiger partial charge in [0.15, 0.2) is 0 Å². The highest BCUT2D eigenvalue weighted by atomic mass is 35.5. The predicted octanol–water partition coefficient (Wildman–Crippen LogP) is 0.541. The van der Waals surface area contributed by atoms with E-state index in [-0.39, 0.29) is 24.8 Å². The van der Waals surface area contributed by atoms with Crippen molar-refractivity contribution >= 4 is 24.8 Å². The fourth-order valence-electron chi connectivity index (χ4n) is 0.879. The van der Waals surface area contributed by atoms with Crippen LogP contribution in [0.5, 0.6) is 0 Å². The number of hydrogen-bond acceptors (Lipinski definition) is 2. The summed E-state index contributed by atoms with van der Waals surface area (Å²) in [5.41, 5.74) is 5.57. The van der Waals surface area contributed by atoms with Gasteiger partial charge in [0.25, 0.3) is 0 Å². The van der Waals surface area contributed by atoms with E-state index in [1.807, 2.05) is 0 Å². The van der Waals surface area contributed by atoms with Crippen molar-refractivity contribution in [2.45, 2.75) is 18.9 Å². The van der Waals surface area contributed by atoms with Crippen LogP contribution in [0.25, 0.3) is 0 Å². The minimum Gasteiger partial charge on any atom is -0.327 e. The van der Waals surface area contributed by atoms with Crippen LogP contribution in [0.3, 0.4) is 0 Å². The summed E-state index contributed by atoms with van der Waals surface area (Å²) < 4.78 is 0. The average Bonchev–Trinajstić information content (AvgIpc) is 1.69. The topological polar surface area (TPSA) is 38.0 Å². The lowest BCUT2D eigenvalue weighted by Gasteiger charge is -2.17. The van der Waals surface area contributed by atoms with E-state index < -0.39 is 0 Å². The van der Waals surface area contributed by atoms with Crippen LogP contribution in [0.1, 0.15) is 12.8 Å². The van der Waals surface area contributed by atoms with Gasteiger partial charge >= 0.3 is 0 Å². The molecule has 0 aromatic rings. The second kappa shape index (κ2) is 6.62. The van der Waals surface area contributed by atoms with Gasteiger partial charge in [0, 0.05) is 12.6 Å². The summed E-state index contributed by atoms with van der Waals surface area (Å²) in [6.45, 7) is 2.17. The monoisotopic (exact) mass is 172 g/mol. The van der Waals surface area contributed by atoms with Crippen molar-refractivity contribution in [1.82, 2.24) is 5.32 Å². The Balaban J connectivity index is 0. The fourth-order valence-corrected chi connectivity index (χ4v) is 0.879. The standard InChI is InChI=1S/C5H12N2.2ClH/c6-5-2-1-3-7-4-5;;/h5,7H,1-4,6H2;2*1H/t5-;;/m1../s1. The summed E-state index contributed by atoms with van der Waals surface area (Å²) in [5, 5.41) is 3.21. The lowest BCUT2D eigenvalue weighted by Crippen LogP contribution is -2.39. The molecule has 0 amide bonds. The van der Waals surface area contributed by atoms with Gasteiger partial charge in [-0.05, 0) is 19.4 Å². The number of hydrogen-bond donors (Lipinski definition) is 2. The Morgan fingerprint density at radius 3 is 2.22 bits per heavy atom. The molecule has 0 aromatic carbocycles. The lowest BCUT2D eigenvalue weighted by atomic mass is 10.1. The SMILES string of the molecule is Cl.Cl.N[C@@H]1CCCNC1. The van der Waals surface area contributed by atoms with Gasteiger partial charge in [-0.25, -0.2) is 0 Å². The number of piperidine rings is 1. The third-order valence-electron chi connectivity index (χ3n) is 1.33. The number of nitrogens with one attached hydrogen (secondary N) is 1. The van der Waals surface area contributed by atoms with Crippen LogP contribution < -0.4 is 11.1 Å². The summed E-state index contributed by atoms with van der Waals surface area (Å²) in [7, 11) is 0. The van der Waals surface area contributed by atoms with Gasteiger partial charge in [-0.15, -0.1) is 24.8 Å². The molecule has 1 atom stereocenters. The second-order valence-corrected chi connectivity index (χ2v) is 2.11. The molecule has 4 heteroatoms. The summed E-state index contributed by atoms with van der Waals surface area (Å²) >= 11 is 0. The van der Waals surface area contributed by atoms with Crippen molar-refractivity contribution < 1.29 is 0 Å². The molecule has 1 aliphatic rings. The Morgan fingerprint density at radius 1 is 1.33 bits per heavy atom. The van der Waals surface area contributed by atoms with Gasteiger partial charge in [-0.3, -0.25) is 0 Å². The lowest BCUT2D eigenvalue weighted by molar-refractivity contribution is 0.459. The van der Waals surface area contributed by atoms with Crippen LogP contribution >= 0.6 is 24.8 Å². The highest BCUT2D eigenvalue weighted by molar-refractivity contribution is 5.85. The molecule has 0 bridgehead atoms. The predicted molar refractivity (Wildman–Crippen MR) is 44.6 cm³/mol. The quantitative estimate of drug-likeness (QED) is 0.561. The molecule has 1 fully saturated rings. The van der Waals surface area contributed by atoms with Crippen molar-refractivity contribution in [1.29, 1.82) is 0 Å². The van der Waals surface area contributed by atoms with E-state index in [9.17, 15) is 0 Å². The van der Waals surface area contributed by atoms with Gasteiger partial charge in [0.05, 0.1) is 0 Å². The van der Waals surface area contributed by atoms with Crippen LogP contribution in [0, 0.1) is 0 Å². The molecule has 3 N–H and O–H groups in total. The minimum absolute atomic E-state index is 0.